The zero-order valence-corrected chi connectivity index (χ0v) is 10.4. The van der Waals surface area contributed by atoms with Crippen molar-refractivity contribution < 1.29 is 23.8 Å². The van der Waals surface area contributed by atoms with Crippen molar-refractivity contribution in [1.29, 1.82) is 0 Å². The summed E-state index contributed by atoms with van der Waals surface area (Å²) in [6.07, 6.45) is 2.46. The third-order valence-electron chi connectivity index (χ3n) is 4.00. The first-order valence-corrected chi connectivity index (χ1v) is 6.47. The molecule has 1 fully saturated rings. The molecule has 0 bridgehead atoms. The predicted octanol–water partition coefficient (Wildman–Crippen LogP) is 2.49. The number of ether oxygens (including phenoxy) is 2. The van der Waals surface area contributed by atoms with Crippen LogP contribution in [0.3, 0.4) is 0 Å². The minimum atomic E-state index is -1.17. The fourth-order valence-corrected chi connectivity index (χ4v) is 3.09. The van der Waals surface area contributed by atoms with E-state index in [1.807, 2.05) is 0 Å². The Balaban J connectivity index is 2.20. The molecule has 1 N–H and O–H groups in total. The first-order valence-electron chi connectivity index (χ1n) is 6.47. The summed E-state index contributed by atoms with van der Waals surface area (Å²) in [6, 6.07) is 2.77. The van der Waals surface area contributed by atoms with E-state index in [2.05, 4.69) is 0 Å². The number of fused-ring (bicyclic) bond motifs is 1. The largest absolute Gasteiger partial charge is 0.486 e. The lowest BCUT2D eigenvalue weighted by atomic mass is 9.78. The first kappa shape index (κ1) is 12.3. The van der Waals surface area contributed by atoms with E-state index < -0.39 is 17.2 Å². The van der Waals surface area contributed by atoms with Gasteiger partial charge in [-0.1, -0.05) is 12.8 Å². The molecule has 1 saturated carbocycles. The standard InChI is InChI=1S/C14H15FO4/c15-9-3-4-10-12(19-8-7-18-10)11(9)14(13(16)17)5-1-2-6-14/h3-4H,1-2,5-8H2,(H,16,17). The van der Waals surface area contributed by atoms with Gasteiger partial charge >= 0.3 is 5.97 Å². The van der Waals surface area contributed by atoms with Crippen molar-refractivity contribution in [3.63, 3.8) is 0 Å². The molecular weight excluding hydrogens is 251 g/mol. The Kier molecular flexibility index (Phi) is 2.84. The molecule has 0 saturated heterocycles. The Bertz CT molecular complexity index is 520. The van der Waals surface area contributed by atoms with Gasteiger partial charge in [-0.3, -0.25) is 4.79 Å². The average Bonchev–Trinajstić information content (AvgIpc) is 2.89. The number of halogens is 1. The Morgan fingerprint density at radius 3 is 2.58 bits per heavy atom. The molecule has 1 heterocycles. The van der Waals surface area contributed by atoms with Crippen LogP contribution >= 0.6 is 0 Å². The summed E-state index contributed by atoms with van der Waals surface area (Å²) in [5, 5.41) is 9.58. The van der Waals surface area contributed by atoms with Gasteiger partial charge in [-0.2, -0.15) is 0 Å². The van der Waals surface area contributed by atoms with E-state index in [0.717, 1.165) is 12.8 Å². The second kappa shape index (κ2) is 4.40. The van der Waals surface area contributed by atoms with Gasteiger partial charge in [-0.25, -0.2) is 4.39 Å². The number of hydrogen-bond donors (Lipinski definition) is 1. The van der Waals surface area contributed by atoms with Crippen molar-refractivity contribution in [2.75, 3.05) is 13.2 Å². The summed E-state index contributed by atoms with van der Waals surface area (Å²) in [7, 11) is 0. The van der Waals surface area contributed by atoms with Crippen LogP contribution < -0.4 is 9.47 Å². The molecular formula is C14H15FO4. The Morgan fingerprint density at radius 1 is 1.21 bits per heavy atom. The summed E-state index contributed by atoms with van der Waals surface area (Å²) < 4.78 is 25.1. The Hall–Kier alpha value is -1.78. The summed E-state index contributed by atoms with van der Waals surface area (Å²) in [5.41, 5.74) is -1.01. The molecule has 0 amide bonds. The summed E-state index contributed by atoms with van der Waals surface area (Å²) >= 11 is 0. The fraction of sp³-hybridized carbons (Fsp3) is 0.500. The lowest BCUT2D eigenvalue weighted by Crippen LogP contribution is -2.35. The van der Waals surface area contributed by atoms with E-state index in [1.165, 1.54) is 12.1 Å². The molecule has 5 heteroatoms. The van der Waals surface area contributed by atoms with Crippen molar-refractivity contribution in [3.05, 3.63) is 23.5 Å². The van der Waals surface area contributed by atoms with Gasteiger partial charge in [-0.15, -0.1) is 0 Å². The van der Waals surface area contributed by atoms with Crippen LogP contribution in [-0.2, 0) is 10.2 Å². The molecule has 0 unspecified atom stereocenters. The first-order chi connectivity index (χ1) is 9.15. The molecule has 0 aromatic heterocycles. The fourth-order valence-electron chi connectivity index (χ4n) is 3.09. The number of aliphatic carboxylic acids is 1. The average molecular weight is 266 g/mol. The summed E-state index contributed by atoms with van der Waals surface area (Å²) in [6.45, 7) is 0.720. The maximum Gasteiger partial charge on any atom is 0.314 e. The minimum absolute atomic E-state index is 0.162. The van der Waals surface area contributed by atoms with E-state index in [0.29, 0.717) is 31.8 Å². The molecule has 1 aliphatic carbocycles. The Morgan fingerprint density at radius 2 is 1.89 bits per heavy atom. The molecule has 0 atom stereocenters. The Labute approximate surface area is 110 Å². The molecule has 1 aliphatic heterocycles. The highest BCUT2D eigenvalue weighted by Gasteiger charge is 2.47. The van der Waals surface area contributed by atoms with E-state index >= 15 is 0 Å². The van der Waals surface area contributed by atoms with E-state index in [-0.39, 0.29) is 11.3 Å². The van der Waals surface area contributed by atoms with Gasteiger partial charge in [0.2, 0.25) is 0 Å². The van der Waals surface area contributed by atoms with Crippen molar-refractivity contribution in [1.82, 2.24) is 0 Å². The topological polar surface area (TPSA) is 55.8 Å². The zero-order chi connectivity index (χ0) is 13.5. The number of carboxylic acid groups (broad SMARTS) is 1. The van der Waals surface area contributed by atoms with Crippen molar-refractivity contribution >= 4 is 5.97 Å². The van der Waals surface area contributed by atoms with Crippen molar-refractivity contribution in [2.45, 2.75) is 31.1 Å². The van der Waals surface area contributed by atoms with Gasteiger partial charge in [0.05, 0.1) is 11.0 Å². The molecule has 3 rings (SSSR count). The highest BCUT2D eigenvalue weighted by Crippen LogP contribution is 2.49. The third kappa shape index (κ3) is 1.76. The van der Waals surface area contributed by atoms with Crippen LogP contribution in [0.2, 0.25) is 0 Å². The van der Waals surface area contributed by atoms with E-state index in [9.17, 15) is 14.3 Å². The maximum atomic E-state index is 14.2. The van der Waals surface area contributed by atoms with Crippen LogP contribution in [0.25, 0.3) is 0 Å². The van der Waals surface area contributed by atoms with E-state index in [4.69, 9.17) is 9.47 Å². The number of carbonyl (C=O) groups is 1. The minimum Gasteiger partial charge on any atom is -0.486 e. The summed E-state index contributed by atoms with van der Waals surface area (Å²) in [4.78, 5) is 11.7. The molecule has 0 spiro atoms. The third-order valence-corrected chi connectivity index (χ3v) is 4.00. The smallest absolute Gasteiger partial charge is 0.314 e. The molecule has 19 heavy (non-hydrogen) atoms. The van der Waals surface area contributed by atoms with Gasteiger partial charge in [0.25, 0.3) is 0 Å². The van der Waals surface area contributed by atoms with Gasteiger partial charge in [0.1, 0.15) is 19.0 Å². The van der Waals surface area contributed by atoms with Crippen molar-refractivity contribution in [3.8, 4) is 11.5 Å². The second-order valence-electron chi connectivity index (χ2n) is 5.04. The number of rotatable bonds is 2. The van der Waals surface area contributed by atoms with Gasteiger partial charge in [-0.05, 0) is 25.0 Å². The molecule has 2 aliphatic rings. The van der Waals surface area contributed by atoms with Crippen LogP contribution in [0.15, 0.2) is 12.1 Å². The second-order valence-corrected chi connectivity index (χ2v) is 5.04. The normalized spacial score (nSPS) is 20.3. The lowest BCUT2D eigenvalue weighted by molar-refractivity contribution is -0.143. The molecule has 4 nitrogen and oxygen atoms in total. The van der Waals surface area contributed by atoms with Crippen molar-refractivity contribution in [2.24, 2.45) is 0 Å². The van der Waals surface area contributed by atoms with Gasteiger partial charge in [0.15, 0.2) is 11.5 Å². The van der Waals surface area contributed by atoms with E-state index in [1.54, 1.807) is 0 Å². The zero-order valence-electron chi connectivity index (χ0n) is 10.4. The monoisotopic (exact) mass is 266 g/mol. The SMILES string of the molecule is O=C(O)C1(c2c(F)ccc3c2OCCO3)CCCC1. The van der Waals surface area contributed by atoms with Gasteiger partial charge in [0, 0.05) is 0 Å². The van der Waals surface area contributed by atoms with Crippen LogP contribution in [0, 0.1) is 5.82 Å². The quantitative estimate of drug-likeness (QED) is 0.893. The highest BCUT2D eigenvalue weighted by molar-refractivity contribution is 5.83. The maximum absolute atomic E-state index is 14.2. The van der Waals surface area contributed by atoms with Gasteiger partial charge < -0.3 is 14.6 Å². The summed E-state index contributed by atoms with van der Waals surface area (Å²) in [5.74, 6) is -0.786. The van der Waals surface area contributed by atoms with Crippen LogP contribution in [0.4, 0.5) is 4.39 Å². The number of hydrogen-bond acceptors (Lipinski definition) is 3. The molecule has 0 radical (unpaired) electrons. The molecule has 1 aromatic rings. The molecule has 1 aromatic carbocycles. The predicted molar refractivity (Wildman–Crippen MR) is 65.2 cm³/mol. The van der Waals surface area contributed by atoms with Crippen LogP contribution in [0.1, 0.15) is 31.2 Å². The van der Waals surface area contributed by atoms with Crippen LogP contribution in [-0.4, -0.2) is 24.3 Å². The number of carboxylic acids is 1. The highest BCUT2D eigenvalue weighted by atomic mass is 19.1. The number of benzene rings is 1. The van der Waals surface area contributed by atoms with Crippen LogP contribution in [0.5, 0.6) is 11.5 Å². The molecule has 102 valence electrons. The lowest BCUT2D eigenvalue weighted by Gasteiger charge is -2.30.